The van der Waals surface area contributed by atoms with E-state index in [1.807, 2.05) is 0 Å². The van der Waals surface area contributed by atoms with Gasteiger partial charge in [0.05, 0.1) is 0 Å². The molecule has 4 heteroatoms. The molecule has 1 aromatic carbocycles. The van der Waals surface area contributed by atoms with Gasteiger partial charge in [-0.15, -0.1) is 0 Å². The minimum absolute atomic E-state index is 0.00975. The van der Waals surface area contributed by atoms with Gasteiger partial charge in [-0.1, -0.05) is 6.07 Å². The summed E-state index contributed by atoms with van der Waals surface area (Å²) in [5, 5.41) is 0. The maximum atomic E-state index is 13.2. The summed E-state index contributed by atoms with van der Waals surface area (Å²) < 4.78 is 30.6. The van der Waals surface area contributed by atoms with E-state index in [0.29, 0.717) is 19.4 Å². The van der Waals surface area contributed by atoms with Crippen LogP contribution < -0.4 is 0 Å². The van der Waals surface area contributed by atoms with E-state index in [4.69, 9.17) is 4.74 Å². The van der Waals surface area contributed by atoms with Crippen molar-refractivity contribution in [1.82, 2.24) is 0 Å². The van der Waals surface area contributed by atoms with Crippen molar-refractivity contribution in [2.75, 3.05) is 13.7 Å². The molecule has 0 amide bonds. The van der Waals surface area contributed by atoms with Crippen LogP contribution in [0, 0.1) is 11.6 Å². The average molecular weight is 228 g/mol. The quantitative estimate of drug-likeness (QED) is 0.699. The van der Waals surface area contributed by atoms with Gasteiger partial charge in [0.25, 0.3) is 0 Å². The molecule has 1 aromatic rings. The molecule has 0 saturated heterocycles. The molecule has 0 fully saturated rings. The summed E-state index contributed by atoms with van der Waals surface area (Å²) in [7, 11) is 1.56. The molecule has 0 atom stereocenters. The molecule has 0 heterocycles. The molecule has 16 heavy (non-hydrogen) atoms. The van der Waals surface area contributed by atoms with Crippen LogP contribution in [0.3, 0.4) is 0 Å². The molecular weight excluding hydrogens is 214 g/mol. The molecule has 88 valence electrons. The van der Waals surface area contributed by atoms with Gasteiger partial charge in [-0.25, -0.2) is 8.78 Å². The van der Waals surface area contributed by atoms with Crippen LogP contribution in [0.25, 0.3) is 0 Å². The fourth-order valence-corrected chi connectivity index (χ4v) is 1.38. The molecule has 0 unspecified atom stereocenters. The van der Waals surface area contributed by atoms with E-state index >= 15 is 0 Å². The van der Waals surface area contributed by atoms with Gasteiger partial charge in [0.15, 0.2) is 0 Å². The van der Waals surface area contributed by atoms with Gasteiger partial charge in [-0.3, -0.25) is 4.79 Å². The molecule has 0 spiro atoms. The first kappa shape index (κ1) is 12.8. The molecule has 2 nitrogen and oxygen atoms in total. The zero-order valence-electron chi connectivity index (χ0n) is 9.13. The summed E-state index contributed by atoms with van der Waals surface area (Å²) in [4.78, 5) is 11.4. The maximum Gasteiger partial charge on any atom is 0.137 e. The summed E-state index contributed by atoms with van der Waals surface area (Å²) in [6.07, 6.45) is 0.985. The Kier molecular flexibility index (Phi) is 5.05. The van der Waals surface area contributed by atoms with E-state index in [0.717, 1.165) is 12.1 Å². The Morgan fingerprint density at radius 2 is 2.12 bits per heavy atom. The van der Waals surface area contributed by atoms with Crippen LogP contribution in [0.1, 0.15) is 18.4 Å². The molecule has 0 saturated carbocycles. The minimum Gasteiger partial charge on any atom is -0.385 e. The second-order valence-corrected chi connectivity index (χ2v) is 3.55. The van der Waals surface area contributed by atoms with E-state index in [1.54, 1.807) is 7.11 Å². The zero-order chi connectivity index (χ0) is 12.0. The van der Waals surface area contributed by atoms with Gasteiger partial charge < -0.3 is 4.74 Å². The number of halogens is 2. The Labute approximate surface area is 93.2 Å². The molecule has 0 aliphatic heterocycles. The first-order valence-corrected chi connectivity index (χ1v) is 5.08. The number of carbonyl (C=O) groups is 1. The molecule has 0 aliphatic carbocycles. The Hall–Kier alpha value is -1.29. The monoisotopic (exact) mass is 228 g/mol. The zero-order valence-corrected chi connectivity index (χ0v) is 9.13. The SMILES string of the molecule is COCCCC(=O)Cc1ccc(F)cc1F. The number of Topliss-reactive ketones (excluding diaryl/α,β-unsaturated/α-hetero) is 1. The van der Waals surface area contributed by atoms with Gasteiger partial charge in [-0.05, 0) is 18.1 Å². The normalized spacial score (nSPS) is 10.4. The van der Waals surface area contributed by atoms with Crippen molar-refractivity contribution in [2.24, 2.45) is 0 Å². The summed E-state index contributed by atoms with van der Waals surface area (Å²) in [6, 6.07) is 3.25. The van der Waals surface area contributed by atoms with Crippen LogP contribution >= 0.6 is 0 Å². The maximum absolute atomic E-state index is 13.2. The standard InChI is InChI=1S/C12H14F2O2/c1-16-6-2-3-11(15)7-9-4-5-10(13)8-12(9)14/h4-5,8H,2-3,6-7H2,1H3. The summed E-state index contributed by atoms with van der Waals surface area (Å²) >= 11 is 0. The topological polar surface area (TPSA) is 26.3 Å². The first-order chi connectivity index (χ1) is 7.63. The number of ketones is 1. The molecule has 0 aromatic heterocycles. The molecule has 0 aliphatic rings. The smallest absolute Gasteiger partial charge is 0.137 e. The highest BCUT2D eigenvalue weighted by atomic mass is 19.1. The third-order valence-electron chi connectivity index (χ3n) is 2.21. The van der Waals surface area contributed by atoms with Crippen molar-refractivity contribution in [1.29, 1.82) is 0 Å². The van der Waals surface area contributed by atoms with Crippen LogP contribution in [0.15, 0.2) is 18.2 Å². The lowest BCUT2D eigenvalue weighted by atomic mass is 10.1. The van der Waals surface area contributed by atoms with Crippen LogP contribution in [-0.2, 0) is 16.0 Å². The number of rotatable bonds is 6. The average Bonchev–Trinajstić information content (AvgIpc) is 2.23. The molecular formula is C12H14F2O2. The Bertz CT molecular complexity index is 364. The van der Waals surface area contributed by atoms with Gasteiger partial charge in [0.1, 0.15) is 17.4 Å². The highest BCUT2D eigenvalue weighted by molar-refractivity contribution is 5.80. The van der Waals surface area contributed by atoms with Crippen molar-refractivity contribution in [3.8, 4) is 0 Å². The first-order valence-electron chi connectivity index (χ1n) is 5.08. The van der Waals surface area contributed by atoms with Gasteiger partial charge in [0, 0.05) is 32.6 Å². The van der Waals surface area contributed by atoms with Crippen LogP contribution in [0.5, 0.6) is 0 Å². The molecule has 0 N–H and O–H groups in total. The van der Waals surface area contributed by atoms with Crippen molar-refractivity contribution < 1.29 is 18.3 Å². The number of benzene rings is 1. The van der Waals surface area contributed by atoms with Crippen LogP contribution in [0.4, 0.5) is 8.78 Å². The second-order valence-electron chi connectivity index (χ2n) is 3.55. The van der Waals surface area contributed by atoms with E-state index in [9.17, 15) is 13.6 Å². The van der Waals surface area contributed by atoms with Gasteiger partial charge in [0.2, 0.25) is 0 Å². The minimum atomic E-state index is -0.667. The van der Waals surface area contributed by atoms with Crippen molar-refractivity contribution >= 4 is 5.78 Å². The van der Waals surface area contributed by atoms with Crippen molar-refractivity contribution in [3.05, 3.63) is 35.4 Å². The van der Waals surface area contributed by atoms with Gasteiger partial charge in [-0.2, -0.15) is 0 Å². The van der Waals surface area contributed by atoms with Gasteiger partial charge >= 0.3 is 0 Å². The Morgan fingerprint density at radius 1 is 1.38 bits per heavy atom. The summed E-state index contributed by atoms with van der Waals surface area (Å²) in [6.45, 7) is 0.512. The fraction of sp³-hybridized carbons (Fsp3) is 0.417. The van der Waals surface area contributed by atoms with Crippen molar-refractivity contribution in [3.63, 3.8) is 0 Å². The molecule has 0 bridgehead atoms. The lowest BCUT2D eigenvalue weighted by molar-refractivity contribution is -0.118. The number of methoxy groups -OCH3 is 1. The van der Waals surface area contributed by atoms with E-state index in [1.165, 1.54) is 6.07 Å². The van der Waals surface area contributed by atoms with E-state index in [-0.39, 0.29) is 17.8 Å². The number of hydrogen-bond donors (Lipinski definition) is 0. The highest BCUT2D eigenvalue weighted by Gasteiger charge is 2.08. The van der Waals surface area contributed by atoms with Crippen LogP contribution in [-0.4, -0.2) is 19.5 Å². The summed E-state index contributed by atoms with van der Waals surface area (Å²) in [5.74, 6) is -1.37. The van der Waals surface area contributed by atoms with Crippen molar-refractivity contribution in [2.45, 2.75) is 19.3 Å². The van der Waals surface area contributed by atoms with Crippen LogP contribution in [0.2, 0.25) is 0 Å². The Morgan fingerprint density at radius 3 is 2.75 bits per heavy atom. The number of ether oxygens (including phenoxy) is 1. The van der Waals surface area contributed by atoms with E-state index in [2.05, 4.69) is 0 Å². The predicted molar refractivity (Wildman–Crippen MR) is 56.2 cm³/mol. The lowest BCUT2D eigenvalue weighted by Gasteiger charge is -2.03. The summed E-state index contributed by atoms with van der Waals surface area (Å²) in [5.41, 5.74) is 0.240. The number of carbonyl (C=O) groups excluding carboxylic acids is 1. The van der Waals surface area contributed by atoms with E-state index < -0.39 is 11.6 Å². The Balaban J connectivity index is 2.49. The second kappa shape index (κ2) is 6.33. The molecule has 1 rings (SSSR count). The third-order valence-corrected chi connectivity index (χ3v) is 2.21. The predicted octanol–water partition coefficient (Wildman–Crippen LogP) is 2.50. The lowest BCUT2D eigenvalue weighted by Crippen LogP contribution is -2.06. The molecule has 0 radical (unpaired) electrons. The highest BCUT2D eigenvalue weighted by Crippen LogP contribution is 2.11. The fourth-order valence-electron chi connectivity index (χ4n) is 1.38. The number of hydrogen-bond acceptors (Lipinski definition) is 2. The third kappa shape index (κ3) is 4.06. The largest absolute Gasteiger partial charge is 0.385 e.